The summed E-state index contributed by atoms with van der Waals surface area (Å²) in [6.07, 6.45) is 6.78. The summed E-state index contributed by atoms with van der Waals surface area (Å²) in [5, 5.41) is 0. The van der Waals surface area contributed by atoms with Crippen LogP contribution < -0.4 is 0 Å². The molecule has 1 aliphatic carbocycles. The van der Waals surface area contributed by atoms with E-state index in [1.54, 1.807) is 12.5 Å². The molecule has 19 heavy (non-hydrogen) atoms. The third-order valence-electron chi connectivity index (χ3n) is 3.48. The van der Waals surface area contributed by atoms with Crippen LogP contribution in [0.2, 0.25) is 0 Å². The molecule has 0 saturated carbocycles. The molecular formula is C15H16N2O2. The highest BCUT2D eigenvalue weighted by molar-refractivity contribution is 6.01. The van der Waals surface area contributed by atoms with E-state index in [1.165, 1.54) is 0 Å². The average Bonchev–Trinajstić information content (AvgIpc) is 2.95. The van der Waals surface area contributed by atoms with Gasteiger partial charge in [0.05, 0.1) is 12.9 Å². The molecule has 0 radical (unpaired) electrons. The fourth-order valence-electron chi connectivity index (χ4n) is 2.45. The summed E-state index contributed by atoms with van der Waals surface area (Å²) in [7, 11) is 0. The van der Waals surface area contributed by atoms with E-state index in [0.717, 1.165) is 30.5 Å². The van der Waals surface area contributed by atoms with E-state index in [9.17, 15) is 4.79 Å². The second-order valence-electron chi connectivity index (χ2n) is 4.72. The van der Waals surface area contributed by atoms with Gasteiger partial charge in [0.2, 0.25) is 0 Å². The van der Waals surface area contributed by atoms with Crippen LogP contribution in [-0.2, 0) is 17.7 Å². The zero-order valence-electron chi connectivity index (χ0n) is 10.7. The number of carbonyl (C=O) groups excluding carboxylic acids is 1. The molecule has 0 aliphatic heterocycles. The number of Topliss-reactive ketones (excluding diaryl/α,β-unsaturated/α-hetero) is 1. The minimum absolute atomic E-state index is 0.118. The Morgan fingerprint density at radius 2 is 2.26 bits per heavy atom. The SMILES string of the molecule is O=C1c2ccccc2CCC1OCCn1ccnc1. The smallest absolute Gasteiger partial charge is 0.191 e. The van der Waals surface area contributed by atoms with Crippen LogP contribution in [0.25, 0.3) is 0 Å². The molecule has 0 bridgehead atoms. The predicted molar refractivity (Wildman–Crippen MR) is 71.1 cm³/mol. The van der Waals surface area contributed by atoms with Crippen molar-refractivity contribution in [1.82, 2.24) is 9.55 Å². The Kier molecular flexibility index (Phi) is 3.42. The van der Waals surface area contributed by atoms with E-state index >= 15 is 0 Å². The summed E-state index contributed by atoms with van der Waals surface area (Å²) in [6, 6.07) is 7.80. The first kappa shape index (κ1) is 12.1. The van der Waals surface area contributed by atoms with Crippen LogP contribution in [-0.4, -0.2) is 28.0 Å². The Morgan fingerprint density at radius 1 is 1.37 bits per heavy atom. The Hall–Kier alpha value is -1.94. The number of benzene rings is 1. The molecule has 1 aromatic carbocycles. The monoisotopic (exact) mass is 256 g/mol. The van der Waals surface area contributed by atoms with E-state index in [1.807, 2.05) is 35.0 Å². The van der Waals surface area contributed by atoms with Crippen LogP contribution in [0.1, 0.15) is 22.3 Å². The fourth-order valence-corrected chi connectivity index (χ4v) is 2.45. The zero-order chi connectivity index (χ0) is 13.1. The van der Waals surface area contributed by atoms with Gasteiger partial charge in [0, 0.05) is 24.5 Å². The van der Waals surface area contributed by atoms with Crippen LogP contribution in [0.15, 0.2) is 43.0 Å². The molecule has 1 aromatic heterocycles. The number of ether oxygens (including phenoxy) is 1. The lowest BCUT2D eigenvalue weighted by Gasteiger charge is -2.23. The van der Waals surface area contributed by atoms with Crippen LogP contribution in [0.4, 0.5) is 0 Å². The predicted octanol–water partition coefficient (Wildman–Crippen LogP) is 2.10. The van der Waals surface area contributed by atoms with Crippen molar-refractivity contribution >= 4 is 5.78 Å². The number of aryl methyl sites for hydroxylation is 1. The highest BCUT2D eigenvalue weighted by atomic mass is 16.5. The van der Waals surface area contributed by atoms with Gasteiger partial charge in [-0.15, -0.1) is 0 Å². The Morgan fingerprint density at radius 3 is 3.11 bits per heavy atom. The first-order valence-electron chi connectivity index (χ1n) is 6.54. The molecule has 4 heteroatoms. The third kappa shape index (κ3) is 2.58. The topological polar surface area (TPSA) is 44.1 Å². The number of rotatable bonds is 4. The molecule has 1 unspecified atom stereocenters. The van der Waals surface area contributed by atoms with Crippen LogP contribution in [0.5, 0.6) is 0 Å². The fraction of sp³-hybridized carbons (Fsp3) is 0.333. The van der Waals surface area contributed by atoms with Crippen molar-refractivity contribution in [1.29, 1.82) is 0 Å². The lowest BCUT2D eigenvalue weighted by molar-refractivity contribution is 0.0329. The van der Waals surface area contributed by atoms with Crippen LogP contribution in [0, 0.1) is 0 Å². The molecule has 1 heterocycles. The number of aromatic nitrogens is 2. The van der Waals surface area contributed by atoms with Crippen molar-refractivity contribution in [2.24, 2.45) is 0 Å². The number of hydrogen-bond donors (Lipinski definition) is 0. The number of ketones is 1. The maximum absolute atomic E-state index is 12.3. The van der Waals surface area contributed by atoms with Gasteiger partial charge in [-0.25, -0.2) is 4.98 Å². The molecule has 0 N–H and O–H groups in total. The summed E-state index contributed by atoms with van der Waals surface area (Å²) in [6.45, 7) is 1.26. The van der Waals surface area contributed by atoms with E-state index in [-0.39, 0.29) is 11.9 Å². The highest BCUT2D eigenvalue weighted by Gasteiger charge is 2.27. The van der Waals surface area contributed by atoms with Crippen molar-refractivity contribution in [3.63, 3.8) is 0 Å². The molecule has 1 atom stereocenters. The van der Waals surface area contributed by atoms with Crippen molar-refractivity contribution in [3.8, 4) is 0 Å². The van der Waals surface area contributed by atoms with Gasteiger partial charge >= 0.3 is 0 Å². The van der Waals surface area contributed by atoms with Gasteiger partial charge in [-0.2, -0.15) is 0 Å². The summed E-state index contributed by atoms with van der Waals surface area (Å²) in [4.78, 5) is 16.2. The third-order valence-corrected chi connectivity index (χ3v) is 3.48. The minimum Gasteiger partial charge on any atom is -0.368 e. The van der Waals surface area contributed by atoms with Crippen LogP contribution in [0.3, 0.4) is 0 Å². The number of nitrogens with zero attached hydrogens (tertiary/aromatic N) is 2. The molecule has 3 rings (SSSR count). The Labute approximate surface area is 112 Å². The Balaban J connectivity index is 1.60. The molecule has 0 saturated heterocycles. The molecule has 0 fully saturated rings. The highest BCUT2D eigenvalue weighted by Crippen LogP contribution is 2.22. The summed E-state index contributed by atoms with van der Waals surface area (Å²) in [5.41, 5.74) is 1.96. The lowest BCUT2D eigenvalue weighted by Crippen LogP contribution is -2.31. The van der Waals surface area contributed by atoms with E-state index in [4.69, 9.17) is 4.74 Å². The first-order valence-corrected chi connectivity index (χ1v) is 6.54. The second kappa shape index (κ2) is 5.36. The molecular weight excluding hydrogens is 240 g/mol. The molecule has 2 aromatic rings. The van der Waals surface area contributed by atoms with Gasteiger partial charge in [0.25, 0.3) is 0 Å². The van der Waals surface area contributed by atoms with Crippen LogP contribution >= 0.6 is 0 Å². The lowest BCUT2D eigenvalue weighted by atomic mass is 9.89. The van der Waals surface area contributed by atoms with E-state index in [0.29, 0.717) is 6.61 Å². The molecule has 1 aliphatic rings. The van der Waals surface area contributed by atoms with Crippen molar-refractivity contribution in [2.75, 3.05) is 6.61 Å². The van der Waals surface area contributed by atoms with Gasteiger partial charge in [-0.05, 0) is 18.4 Å². The summed E-state index contributed by atoms with van der Waals surface area (Å²) < 4.78 is 7.67. The minimum atomic E-state index is -0.293. The first-order chi connectivity index (χ1) is 9.34. The van der Waals surface area contributed by atoms with Gasteiger partial charge < -0.3 is 9.30 Å². The second-order valence-corrected chi connectivity index (χ2v) is 4.72. The maximum atomic E-state index is 12.3. The standard InChI is InChI=1S/C15H16N2O2/c18-15-13-4-2-1-3-12(13)5-6-14(15)19-10-9-17-8-7-16-11-17/h1-4,7-8,11,14H,5-6,9-10H2. The maximum Gasteiger partial charge on any atom is 0.191 e. The molecule has 98 valence electrons. The normalized spacial score (nSPS) is 18.3. The quantitative estimate of drug-likeness (QED) is 0.841. The van der Waals surface area contributed by atoms with Gasteiger partial charge in [0.15, 0.2) is 5.78 Å². The van der Waals surface area contributed by atoms with Gasteiger partial charge in [-0.3, -0.25) is 4.79 Å². The number of imidazole rings is 1. The zero-order valence-corrected chi connectivity index (χ0v) is 10.7. The van der Waals surface area contributed by atoms with Crippen molar-refractivity contribution in [2.45, 2.75) is 25.5 Å². The van der Waals surface area contributed by atoms with Gasteiger partial charge in [0.1, 0.15) is 6.10 Å². The number of carbonyl (C=O) groups is 1. The van der Waals surface area contributed by atoms with Crippen molar-refractivity contribution < 1.29 is 9.53 Å². The number of fused-ring (bicyclic) bond motifs is 1. The largest absolute Gasteiger partial charge is 0.368 e. The van der Waals surface area contributed by atoms with E-state index in [2.05, 4.69) is 4.98 Å². The summed E-state index contributed by atoms with van der Waals surface area (Å²) in [5.74, 6) is 0.118. The molecule has 4 nitrogen and oxygen atoms in total. The Bertz CT molecular complexity index is 563. The molecule has 0 spiro atoms. The van der Waals surface area contributed by atoms with Crippen molar-refractivity contribution in [3.05, 3.63) is 54.1 Å². The molecule has 0 amide bonds. The van der Waals surface area contributed by atoms with E-state index < -0.39 is 0 Å². The number of hydrogen-bond acceptors (Lipinski definition) is 3. The summed E-state index contributed by atoms with van der Waals surface area (Å²) >= 11 is 0. The average molecular weight is 256 g/mol. The van der Waals surface area contributed by atoms with Gasteiger partial charge in [-0.1, -0.05) is 24.3 Å².